The number of aromatic amines is 1. The van der Waals surface area contributed by atoms with E-state index in [1.54, 1.807) is 0 Å². The zero-order valence-corrected chi connectivity index (χ0v) is 28.9. The van der Waals surface area contributed by atoms with Crippen molar-refractivity contribution in [1.29, 1.82) is 0 Å². The molecule has 0 saturated carbocycles. The molecule has 1 aromatic heterocycles. The smallest absolute Gasteiger partial charge is 0.252 e. The third-order valence-corrected chi connectivity index (χ3v) is 10.9. The highest BCUT2D eigenvalue weighted by Gasteiger charge is 2.43. The Morgan fingerprint density at radius 2 is 0.925 bits per heavy atom. The number of hydrogen-bond donors (Lipinski definition) is 1. The predicted octanol–water partition coefficient (Wildman–Crippen LogP) is 10.9. The summed E-state index contributed by atoms with van der Waals surface area (Å²) in [7, 11) is 0. The molecule has 0 radical (unpaired) electrons. The number of aromatic nitrogens is 1. The van der Waals surface area contributed by atoms with Crippen molar-refractivity contribution in [2.45, 2.75) is 0 Å². The first-order valence-corrected chi connectivity index (χ1v) is 18.2. The Morgan fingerprint density at radius 3 is 1.55 bits per heavy atom. The van der Waals surface area contributed by atoms with Crippen molar-refractivity contribution >= 4 is 96.1 Å². The van der Waals surface area contributed by atoms with Gasteiger partial charge in [0.05, 0.1) is 0 Å². The van der Waals surface area contributed by atoms with Crippen LogP contribution in [0.25, 0.3) is 21.8 Å². The molecular weight excluding hydrogens is 643 g/mol. The van der Waals surface area contributed by atoms with Gasteiger partial charge in [0.1, 0.15) is 0 Å². The summed E-state index contributed by atoms with van der Waals surface area (Å²) in [6.07, 6.45) is 0. The molecule has 248 valence electrons. The Labute approximate surface area is 308 Å². The lowest BCUT2D eigenvalue weighted by Gasteiger charge is -2.44. The molecule has 2 aliphatic heterocycles. The number of nitrogens with one attached hydrogen (secondary N) is 1. The van der Waals surface area contributed by atoms with E-state index in [0.717, 1.165) is 39.5 Å². The quantitative estimate of drug-likeness (QED) is 0.184. The third-order valence-electron chi connectivity index (χ3n) is 10.9. The molecule has 0 bridgehead atoms. The van der Waals surface area contributed by atoms with Crippen LogP contribution < -0.4 is 31.1 Å². The molecule has 0 spiro atoms. The summed E-state index contributed by atoms with van der Waals surface area (Å²) in [6.45, 7) is 0.0140. The summed E-state index contributed by atoms with van der Waals surface area (Å²) in [5, 5.41) is 2.49. The van der Waals surface area contributed by atoms with Crippen molar-refractivity contribution in [2.24, 2.45) is 0 Å². The van der Waals surface area contributed by atoms with Crippen LogP contribution in [0.15, 0.2) is 194 Å². The van der Waals surface area contributed by atoms with Crippen LogP contribution in [-0.2, 0) is 0 Å². The summed E-state index contributed by atoms with van der Waals surface area (Å²) in [6, 6.07) is 70.4. The van der Waals surface area contributed by atoms with Gasteiger partial charge in [0.15, 0.2) is 0 Å². The van der Waals surface area contributed by atoms with Crippen LogP contribution in [0.3, 0.4) is 0 Å². The molecule has 8 aromatic carbocycles. The number of fused-ring (bicyclic) bond motifs is 7. The fourth-order valence-corrected chi connectivity index (χ4v) is 8.71. The lowest BCUT2D eigenvalue weighted by molar-refractivity contribution is 1.24. The van der Waals surface area contributed by atoms with Gasteiger partial charge in [0, 0.05) is 73.0 Å². The normalized spacial score (nSPS) is 12.8. The Balaban J connectivity index is 1.22. The number of para-hydroxylation sites is 5. The van der Waals surface area contributed by atoms with E-state index in [1.165, 1.54) is 49.9 Å². The number of nitrogens with zero attached hydrogens (tertiary/aromatic N) is 3. The Bertz CT molecular complexity index is 2760. The standard InChI is InChI=1S/C48H33BN4/c1-5-16-33(17-6-1)51(34-18-7-2-8-19-34)37-28-29-40-46(30-37)52(35-20-9-3-10-21-35)44-26-15-27-45-48(44)49(40)41-31-39-38-24-13-14-25-42(38)50-43(39)32-47(41)53(45)36-22-11-4-12-23-36/h1-32,50H. The zero-order valence-electron chi connectivity index (χ0n) is 28.9. The maximum absolute atomic E-state index is 3.74. The molecule has 1 N–H and O–H groups in total. The molecule has 11 rings (SSSR count). The molecular formula is C48H33BN4. The largest absolute Gasteiger partial charge is 0.354 e. The Kier molecular flexibility index (Phi) is 6.61. The molecule has 0 fully saturated rings. The molecule has 53 heavy (non-hydrogen) atoms. The SMILES string of the molecule is c1ccc(N(c2ccccc2)c2ccc3c(c2)N(c2ccccc2)c2cccc4c2B3c2cc3c(cc2N4c2ccccc2)[nH]c2ccccc23)cc1. The maximum atomic E-state index is 3.74. The van der Waals surface area contributed by atoms with Crippen LogP contribution in [0.2, 0.25) is 0 Å². The van der Waals surface area contributed by atoms with E-state index >= 15 is 0 Å². The Hall–Kier alpha value is -6.98. The molecule has 0 saturated heterocycles. The number of H-pyrrole nitrogens is 1. The van der Waals surface area contributed by atoms with Gasteiger partial charge in [-0.3, -0.25) is 0 Å². The second-order valence-electron chi connectivity index (χ2n) is 13.9. The number of hydrogen-bond acceptors (Lipinski definition) is 3. The van der Waals surface area contributed by atoms with Gasteiger partial charge in [0.2, 0.25) is 0 Å². The van der Waals surface area contributed by atoms with Crippen molar-refractivity contribution in [3.63, 3.8) is 0 Å². The molecule has 0 unspecified atom stereocenters. The van der Waals surface area contributed by atoms with Crippen molar-refractivity contribution in [3.8, 4) is 0 Å². The van der Waals surface area contributed by atoms with Gasteiger partial charge in [-0.05, 0) is 101 Å². The summed E-state index contributed by atoms with van der Waals surface area (Å²) in [5.74, 6) is 0. The van der Waals surface area contributed by atoms with Crippen LogP contribution in [0.5, 0.6) is 0 Å². The molecule has 3 heterocycles. The first-order valence-electron chi connectivity index (χ1n) is 18.2. The highest BCUT2D eigenvalue weighted by Crippen LogP contribution is 2.46. The zero-order chi connectivity index (χ0) is 34.9. The van der Waals surface area contributed by atoms with E-state index in [4.69, 9.17) is 0 Å². The average Bonchev–Trinajstić information content (AvgIpc) is 3.59. The highest BCUT2D eigenvalue weighted by molar-refractivity contribution is 7.00. The molecule has 5 heteroatoms. The second-order valence-corrected chi connectivity index (χ2v) is 13.9. The van der Waals surface area contributed by atoms with Gasteiger partial charge in [0.25, 0.3) is 6.71 Å². The van der Waals surface area contributed by atoms with Crippen LogP contribution in [0.4, 0.5) is 51.2 Å². The Morgan fingerprint density at radius 1 is 0.377 bits per heavy atom. The summed E-state index contributed by atoms with van der Waals surface area (Å²) >= 11 is 0. The van der Waals surface area contributed by atoms with E-state index < -0.39 is 0 Å². The molecule has 0 atom stereocenters. The van der Waals surface area contributed by atoms with Gasteiger partial charge >= 0.3 is 0 Å². The van der Waals surface area contributed by atoms with Crippen LogP contribution in [-0.4, -0.2) is 11.7 Å². The van der Waals surface area contributed by atoms with Gasteiger partial charge in [-0.15, -0.1) is 0 Å². The monoisotopic (exact) mass is 676 g/mol. The van der Waals surface area contributed by atoms with Crippen molar-refractivity contribution < 1.29 is 0 Å². The fourth-order valence-electron chi connectivity index (χ4n) is 8.71. The fraction of sp³-hybridized carbons (Fsp3) is 0. The molecule has 4 nitrogen and oxygen atoms in total. The molecule has 0 aliphatic carbocycles. The average molecular weight is 677 g/mol. The van der Waals surface area contributed by atoms with Gasteiger partial charge in [-0.25, -0.2) is 0 Å². The molecule has 9 aromatic rings. The lowest BCUT2D eigenvalue weighted by atomic mass is 9.33. The second kappa shape index (κ2) is 11.8. The number of rotatable bonds is 5. The maximum Gasteiger partial charge on any atom is 0.252 e. The van der Waals surface area contributed by atoms with E-state index in [0.29, 0.717) is 0 Å². The van der Waals surface area contributed by atoms with Gasteiger partial charge in [-0.2, -0.15) is 0 Å². The number of benzene rings is 8. The summed E-state index contributed by atoms with van der Waals surface area (Å²) in [5.41, 5.74) is 16.6. The first-order chi connectivity index (χ1) is 26.3. The van der Waals surface area contributed by atoms with E-state index in [9.17, 15) is 0 Å². The van der Waals surface area contributed by atoms with Crippen molar-refractivity contribution in [3.05, 3.63) is 194 Å². The van der Waals surface area contributed by atoms with Gasteiger partial charge in [-0.1, -0.05) is 109 Å². The van der Waals surface area contributed by atoms with Crippen molar-refractivity contribution in [2.75, 3.05) is 14.7 Å². The van der Waals surface area contributed by atoms with E-state index in [-0.39, 0.29) is 6.71 Å². The number of anilines is 9. The van der Waals surface area contributed by atoms with Crippen LogP contribution in [0.1, 0.15) is 0 Å². The third kappa shape index (κ3) is 4.57. The van der Waals surface area contributed by atoms with Gasteiger partial charge < -0.3 is 19.7 Å². The minimum atomic E-state index is 0.0140. The summed E-state index contributed by atoms with van der Waals surface area (Å²) in [4.78, 5) is 11.0. The molecule has 0 amide bonds. The minimum absolute atomic E-state index is 0.0140. The highest BCUT2D eigenvalue weighted by atomic mass is 15.2. The lowest BCUT2D eigenvalue weighted by Crippen LogP contribution is -2.61. The van der Waals surface area contributed by atoms with E-state index in [2.05, 4.69) is 214 Å². The topological polar surface area (TPSA) is 25.5 Å². The van der Waals surface area contributed by atoms with Crippen LogP contribution >= 0.6 is 0 Å². The van der Waals surface area contributed by atoms with Crippen molar-refractivity contribution in [1.82, 2.24) is 4.98 Å². The minimum Gasteiger partial charge on any atom is -0.354 e. The van der Waals surface area contributed by atoms with E-state index in [1.807, 2.05) is 0 Å². The predicted molar refractivity (Wildman–Crippen MR) is 225 cm³/mol. The molecule has 2 aliphatic rings. The summed E-state index contributed by atoms with van der Waals surface area (Å²) < 4.78 is 0. The first kappa shape index (κ1) is 29.7. The van der Waals surface area contributed by atoms with Crippen LogP contribution in [0, 0.1) is 0 Å².